The van der Waals surface area contributed by atoms with Crippen LogP contribution < -0.4 is 4.74 Å². The Kier molecular flexibility index (Phi) is 2.06. The van der Waals surface area contributed by atoms with Gasteiger partial charge in [0.15, 0.2) is 4.77 Å². The maximum atomic E-state index is 4.91. The lowest BCUT2D eigenvalue weighted by Crippen LogP contribution is -1.97. The van der Waals surface area contributed by atoms with Crippen molar-refractivity contribution in [3.63, 3.8) is 0 Å². The molecule has 0 aliphatic rings. The van der Waals surface area contributed by atoms with Gasteiger partial charge in [-0.1, -0.05) is 0 Å². The van der Waals surface area contributed by atoms with Crippen molar-refractivity contribution in [2.24, 2.45) is 0 Å². The molecule has 0 saturated carbocycles. The van der Waals surface area contributed by atoms with Gasteiger partial charge in [-0.15, -0.1) is 5.10 Å². The first-order chi connectivity index (χ1) is 4.79. The Morgan fingerprint density at radius 2 is 2.50 bits per heavy atom. The fourth-order valence-corrected chi connectivity index (χ4v) is 0.991. The Morgan fingerprint density at radius 1 is 1.80 bits per heavy atom. The van der Waals surface area contributed by atoms with Crippen LogP contribution in [0.1, 0.15) is 6.92 Å². The number of aromatic amines is 1. The average Bonchev–Trinajstić information content (AvgIpc) is 2.30. The van der Waals surface area contributed by atoms with Crippen LogP contribution in [0.4, 0.5) is 0 Å². The van der Waals surface area contributed by atoms with Crippen molar-refractivity contribution >= 4 is 12.2 Å². The minimum Gasteiger partial charge on any atom is -0.467 e. The van der Waals surface area contributed by atoms with Crippen molar-refractivity contribution in [3.05, 3.63) is 4.77 Å². The lowest BCUT2D eigenvalue weighted by molar-refractivity contribution is 0.357. The number of H-pyrrole nitrogens is 1. The molecule has 1 heterocycles. The zero-order valence-corrected chi connectivity index (χ0v) is 6.73. The zero-order chi connectivity index (χ0) is 7.56. The summed E-state index contributed by atoms with van der Waals surface area (Å²) in [6.45, 7) is 2.76. The summed E-state index contributed by atoms with van der Waals surface area (Å²) in [4.78, 5) is 0. The molecule has 1 N–H and O–H groups in total. The van der Waals surface area contributed by atoms with Gasteiger partial charge in [0.1, 0.15) is 0 Å². The first kappa shape index (κ1) is 7.27. The van der Waals surface area contributed by atoms with Crippen LogP contribution in [0.5, 0.6) is 6.01 Å². The monoisotopic (exact) mass is 159 g/mol. The molecule has 56 valence electrons. The van der Waals surface area contributed by atoms with Gasteiger partial charge in [0, 0.05) is 6.54 Å². The molecule has 0 fully saturated rings. The molecule has 0 bridgehead atoms. The first-order valence-corrected chi connectivity index (χ1v) is 3.39. The normalized spacial score (nSPS) is 9.80. The van der Waals surface area contributed by atoms with Crippen LogP contribution in [0.3, 0.4) is 0 Å². The summed E-state index contributed by atoms with van der Waals surface area (Å²) >= 11 is 4.90. The molecule has 0 atom stereocenters. The highest BCUT2D eigenvalue weighted by Gasteiger charge is 2.00. The van der Waals surface area contributed by atoms with Crippen molar-refractivity contribution in [3.8, 4) is 6.01 Å². The van der Waals surface area contributed by atoms with Crippen molar-refractivity contribution < 1.29 is 4.74 Å². The second-order valence-corrected chi connectivity index (χ2v) is 2.15. The van der Waals surface area contributed by atoms with Crippen LogP contribution in [-0.4, -0.2) is 21.9 Å². The summed E-state index contributed by atoms with van der Waals surface area (Å²) in [6, 6.07) is 0.535. The van der Waals surface area contributed by atoms with Gasteiger partial charge < -0.3 is 4.74 Å². The average molecular weight is 159 g/mol. The molecule has 4 nitrogen and oxygen atoms in total. The molecule has 1 aromatic rings. The van der Waals surface area contributed by atoms with Crippen molar-refractivity contribution in [2.75, 3.05) is 7.11 Å². The Bertz CT molecular complexity index is 264. The van der Waals surface area contributed by atoms with Gasteiger partial charge in [-0.25, -0.2) is 5.10 Å². The fourth-order valence-electron chi connectivity index (χ4n) is 0.738. The van der Waals surface area contributed by atoms with Crippen molar-refractivity contribution in [1.29, 1.82) is 0 Å². The summed E-state index contributed by atoms with van der Waals surface area (Å²) in [5.41, 5.74) is 0. The maximum Gasteiger partial charge on any atom is 0.315 e. The molecule has 1 rings (SSSR count). The maximum absolute atomic E-state index is 4.91. The third-order valence-corrected chi connectivity index (χ3v) is 1.53. The molecule has 0 saturated heterocycles. The molecule has 0 aliphatic carbocycles. The summed E-state index contributed by atoms with van der Waals surface area (Å²) in [5.74, 6) is 0. The van der Waals surface area contributed by atoms with Gasteiger partial charge in [0.2, 0.25) is 0 Å². The highest BCUT2D eigenvalue weighted by atomic mass is 32.1. The fraction of sp³-hybridized carbons (Fsp3) is 0.600. The molecule has 0 unspecified atom stereocenters. The van der Waals surface area contributed by atoms with E-state index in [4.69, 9.17) is 17.0 Å². The van der Waals surface area contributed by atoms with Gasteiger partial charge in [-0.05, 0) is 19.1 Å². The number of methoxy groups -OCH3 is 1. The van der Waals surface area contributed by atoms with Crippen LogP contribution in [0.15, 0.2) is 0 Å². The quantitative estimate of drug-likeness (QED) is 0.654. The molecule has 1 aromatic heterocycles. The topological polar surface area (TPSA) is 42.8 Å². The molecule has 5 heteroatoms. The molecular weight excluding hydrogens is 150 g/mol. The highest BCUT2D eigenvalue weighted by molar-refractivity contribution is 7.71. The van der Waals surface area contributed by atoms with Crippen LogP contribution in [0.2, 0.25) is 0 Å². The number of hydrogen-bond donors (Lipinski definition) is 1. The molecule has 0 amide bonds. The van der Waals surface area contributed by atoms with E-state index in [9.17, 15) is 0 Å². The Balaban J connectivity index is 3.13. The summed E-state index contributed by atoms with van der Waals surface area (Å²) in [7, 11) is 1.57. The van der Waals surface area contributed by atoms with E-state index in [1.807, 2.05) is 6.92 Å². The number of hydrogen-bond acceptors (Lipinski definition) is 3. The third-order valence-electron chi connectivity index (χ3n) is 1.22. The Labute approximate surface area is 63.8 Å². The molecule has 10 heavy (non-hydrogen) atoms. The SMILES string of the molecule is CCn1c(OC)n[nH]c1=S. The molecule has 0 aliphatic heterocycles. The van der Waals surface area contributed by atoms with E-state index < -0.39 is 0 Å². The molecule has 0 aromatic carbocycles. The zero-order valence-electron chi connectivity index (χ0n) is 5.92. The molecule has 0 radical (unpaired) electrons. The van der Waals surface area contributed by atoms with E-state index in [-0.39, 0.29) is 0 Å². The van der Waals surface area contributed by atoms with E-state index in [0.29, 0.717) is 10.8 Å². The predicted octanol–water partition coefficient (Wildman–Crippen LogP) is 0.969. The Morgan fingerprint density at radius 3 is 2.90 bits per heavy atom. The molecule has 0 spiro atoms. The minimum absolute atomic E-state index is 0.535. The number of rotatable bonds is 2. The summed E-state index contributed by atoms with van der Waals surface area (Å²) in [6.07, 6.45) is 0. The smallest absolute Gasteiger partial charge is 0.315 e. The van der Waals surface area contributed by atoms with Crippen molar-refractivity contribution in [1.82, 2.24) is 14.8 Å². The van der Waals surface area contributed by atoms with Crippen LogP contribution in [0, 0.1) is 4.77 Å². The Hall–Kier alpha value is -0.840. The highest BCUT2D eigenvalue weighted by Crippen LogP contribution is 2.04. The molecular formula is C5H9N3OS. The van der Waals surface area contributed by atoms with E-state index in [0.717, 1.165) is 6.54 Å². The lowest BCUT2D eigenvalue weighted by Gasteiger charge is -1.98. The van der Waals surface area contributed by atoms with Gasteiger partial charge in [-0.2, -0.15) is 0 Å². The minimum atomic E-state index is 0.535. The lowest BCUT2D eigenvalue weighted by atomic mass is 10.7. The van der Waals surface area contributed by atoms with Gasteiger partial charge in [-0.3, -0.25) is 4.57 Å². The number of aromatic nitrogens is 3. The third kappa shape index (κ3) is 1.04. The second kappa shape index (κ2) is 2.83. The van der Waals surface area contributed by atoms with Gasteiger partial charge >= 0.3 is 6.01 Å². The largest absolute Gasteiger partial charge is 0.467 e. The predicted molar refractivity (Wildman–Crippen MR) is 39.6 cm³/mol. The summed E-state index contributed by atoms with van der Waals surface area (Å²) < 4.78 is 7.28. The van der Waals surface area contributed by atoms with Gasteiger partial charge in [0.05, 0.1) is 7.11 Å². The number of nitrogens with zero attached hydrogens (tertiary/aromatic N) is 2. The first-order valence-electron chi connectivity index (χ1n) is 2.98. The van der Waals surface area contributed by atoms with E-state index in [1.54, 1.807) is 11.7 Å². The van der Waals surface area contributed by atoms with E-state index in [2.05, 4.69) is 10.2 Å². The van der Waals surface area contributed by atoms with Crippen molar-refractivity contribution in [2.45, 2.75) is 13.5 Å². The standard InChI is InChI=1S/C5H9N3OS/c1-3-8-4(9-2)6-7-5(8)10/h3H2,1-2H3,(H,7,10). The van der Waals surface area contributed by atoms with Crippen LogP contribution in [-0.2, 0) is 6.54 Å². The van der Waals surface area contributed by atoms with Crippen LogP contribution >= 0.6 is 12.2 Å². The number of nitrogens with one attached hydrogen (secondary N) is 1. The van der Waals surface area contributed by atoms with Crippen LogP contribution in [0.25, 0.3) is 0 Å². The summed E-state index contributed by atoms with van der Waals surface area (Å²) in [5, 5.41) is 6.46. The van der Waals surface area contributed by atoms with E-state index >= 15 is 0 Å². The van der Waals surface area contributed by atoms with E-state index in [1.165, 1.54) is 0 Å². The second-order valence-electron chi connectivity index (χ2n) is 1.76. The number of ether oxygens (including phenoxy) is 1. The van der Waals surface area contributed by atoms with Gasteiger partial charge in [0.25, 0.3) is 0 Å².